The van der Waals surface area contributed by atoms with Gasteiger partial charge in [-0.2, -0.15) is 0 Å². The number of benzene rings is 2. The molecule has 4 nitrogen and oxygen atoms in total. The van der Waals surface area contributed by atoms with Gasteiger partial charge in [-0.15, -0.1) is 11.3 Å². The second-order valence-electron chi connectivity index (χ2n) is 6.37. The normalized spacial score (nSPS) is 12.5. The molecule has 1 heterocycles. The molecule has 1 aromatic heterocycles. The van der Waals surface area contributed by atoms with Gasteiger partial charge in [0.05, 0.1) is 22.8 Å². The first-order valence-electron chi connectivity index (χ1n) is 8.41. The molecule has 5 heteroatoms. The number of para-hydroxylation sites is 1. The third-order valence-corrected chi connectivity index (χ3v) is 5.37. The quantitative estimate of drug-likeness (QED) is 0.734. The van der Waals surface area contributed by atoms with Gasteiger partial charge in [0.15, 0.2) is 0 Å². The molecule has 3 rings (SSSR count). The Balaban J connectivity index is 1.56. The van der Waals surface area contributed by atoms with Gasteiger partial charge >= 0.3 is 0 Å². The van der Waals surface area contributed by atoms with Gasteiger partial charge in [0.1, 0.15) is 5.01 Å². The van der Waals surface area contributed by atoms with Crippen LogP contribution in [0.3, 0.4) is 0 Å². The largest absolute Gasteiger partial charge is 0.351 e. The van der Waals surface area contributed by atoms with Crippen molar-refractivity contribution < 1.29 is 4.79 Å². The highest BCUT2D eigenvalue weighted by Gasteiger charge is 2.19. The van der Waals surface area contributed by atoms with Crippen LogP contribution in [0.2, 0.25) is 0 Å². The standard InChI is InChI=1S/C20H23N3OS/c1-14-8-10-16(11-9-14)12-21-20(24)15(2)23(3)13-19-22-17-6-4-5-7-18(17)25-19/h4-11,15H,12-13H2,1-3H3,(H,21,24). The topological polar surface area (TPSA) is 45.2 Å². The zero-order chi connectivity index (χ0) is 17.8. The number of hydrogen-bond acceptors (Lipinski definition) is 4. The van der Waals surface area contributed by atoms with E-state index in [9.17, 15) is 4.79 Å². The molecule has 130 valence electrons. The second kappa shape index (κ2) is 7.76. The molecule has 2 aromatic carbocycles. The van der Waals surface area contributed by atoms with E-state index in [4.69, 9.17) is 0 Å². The molecule has 0 radical (unpaired) electrons. The number of aryl methyl sites for hydroxylation is 1. The molecule has 25 heavy (non-hydrogen) atoms. The smallest absolute Gasteiger partial charge is 0.237 e. The molecule has 0 saturated carbocycles. The highest BCUT2D eigenvalue weighted by atomic mass is 32.1. The van der Waals surface area contributed by atoms with E-state index >= 15 is 0 Å². The van der Waals surface area contributed by atoms with Crippen LogP contribution >= 0.6 is 11.3 Å². The van der Waals surface area contributed by atoms with Gasteiger partial charge in [-0.1, -0.05) is 42.0 Å². The molecule has 0 fully saturated rings. The third kappa shape index (κ3) is 4.44. The molecule has 0 saturated heterocycles. The number of hydrogen-bond donors (Lipinski definition) is 1. The average Bonchev–Trinajstić information content (AvgIpc) is 3.02. The van der Waals surface area contributed by atoms with Crippen molar-refractivity contribution in [3.05, 3.63) is 64.7 Å². The van der Waals surface area contributed by atoms with Crippen LogP contribution in [0.1, 0.15) is 23.1 Å². The predicted molar refractivity (Wildman–Crippen MR) is 104 cm³/mol. The summed E-state index contributed by atoms with van der Waals surface area (Å²) >= 11 is 1.68. The van der Waals surface area contributed by atoms with Gasteiger partial charge in [0.2, 0.25) is 5.91 Å². The lowest BCUT2D eigenvalue weighted by Crippen LogP contribution is -2.42. The van der Waals surface area contributed by atoms with Crippen LogP contribution in [-0.4, -0.2) is 28.9 Å². The number of nitrogens with one attached hydrogen (secondary N) is 1. The average molecular weight is 353 g/mol. The van der Waals surface area contributed by atoms with Crippen molar-refractivity contribution in [3.63, 3.8) is 0 Å². The van der Waals surface area contributed by atoms with E-state index < -0.39 is 0 Å². The summed E-state index contributed by atoms with van der Waals surface area (Å²) in [6, 6.07) is 16.1. The number of aromatic nitrogens is 1. The Morgan fingerprint density at radius 2 is 1.92 bits per heavy atom. The Kier molecular flexibility index (Phi) is 5.46. The highest BCUT2D eigenvalue weighted by molar-refractivity contribution is 7.18. The Labute approximate surface area is 152 Å². The molecule has 0 aliphatic heterocycles. The van der Waals surface area contributed by atoms with E-state index in [1.807, 2.05) is 49.2 Å². The molecule has 1 atom stereocenters. The van der Waals surface area contributed by atoms with E-state index in [2.05, 4.69) is 35.4 Å². The molecular formula is C20H23N3OS. The number of fused-ring (bicyclic) bond motifs is 1. The lowest BCUT2D eigenvalue weighted by Gasteiger charge is -2.22. The van der Waals surface area contributed by atoms with Gasteiger partial charge in [0.25, 0.3) is 0 Å². The first-order valence-corrected chi connectivity index (χ1v) is 9.22. The third-order valence-electron chi connectivity index (χ3n) is 4.35. The van der Waals surface area contributed by atoms with Crippen molar-refractivity contribution in [1.29, 1.82) is 0 Å². The zero-order valence-corrected chi connectivity index (χ0v) is 15.6. The van der Waals surface area contributed by atoms with E-state index in [-0.39, 0.29) is 11.9 Å². The van der Waals surface area contributed by atoms with Gasteiger partial charge in [-0.25, -0.2) is 4.98 Å². The summed E-state index contributed by atoms with van der Waals surface area (Å²) in [4.78, 5) is 19.1. The molecular weight excluding hydrogens is 330 g/mol. The fourth-order valence-corrected chi connectivity index (χ4v) is 3.61. The van der Waals surface area contributed by atoms with Crippen LogP contribution in [0.15, 0.2) is 48.5 Å². The fraction of sp³-hybridized carbons (Fsp3) is 0.300. The minimum absolute atomic E-state index is 0.0317. The summed E-state index contributed by atoms with van der Waals surface area (Å²) < 4.78 is 1.18. The minimum Gasteiger partial charge on any atom is -0.351 e. The van der Waals surface area contributed by atoms with Gasteiger partial charge in [-0.05, 0) is 38.6 Å². The second-order valence-corrected chi connectivity index (χ2v) is 7.49. The van der Waals surface area contributed by atoms with Crippen molar-refractivity contribution in [1.82, 2.24) is 15.2 Å². The molecule has 0 spiro atoms. The van der Waals surface area contributed by atoms with Crippen molar-refractivity contribution >= 4 is 27.5 Å². The summed E-state index contributed by atoms with van der Waals surface area (Å²) in [6.45, 7) is 5.20. The van der Waals surface area contributed by atoms with Gasteiger partial charge < -0.3 is 5.32 Å². The number of rotatable bonds is 6. The maximum Gasteiger partial charge on any atom is 0.237 e. The predicted octanol–water partition coefficient (Wildman–Crippen LogP) is 3.74. The summed E-state index contributed by atoms with van der Waals surface area (Å²) in [7, 11) is 1.96. The van der Waals surface area contributed by atoms with Crippen LogP contribution in [0.25, 0.3) is 10.2 Å². The summed E-state index contributed by atoms with van der Waals surface area (Å²) in [6.07, 6.45) is 0. The first-order chi connectivity index (χ1) is 12.0. The Hall–Kier alpha value is -2.24. The van der Waals surface area contributed by atoms with Crippen molar-refractivity contribution in [3.8, 4) is 0 Å². The fourth-order valence-electron chi connectivity index (χ4n) is 2.58. The number of nitrogens with zero attached hydrogens (tertiary/aromatic N) is 2. The Morgan fingerprint density at radius 3 is 2.64 bits per heavy atom. The van der Waals surface area contributed by atoms with E-state index in [0.29, 0.717) is 13.1 Å². The SMILES string of the molecule is Cc1ccc(CNC(=O)C(C)N(C)Cc2nc3ccccc3s2)cc1. The van der Waals surface area contributed by atoms with Crippen LogP contribution in [0, 0.1) is 6.92 Å². The van der Waals surface area contributed by atoms with Crippen LogP contribution in [0.5, 0.6) is 0 Å². The van der Waals surface area contributed by atoms with Crippen molar-refractivity contribution in [2.75, 3.05) is 7.05 Å². The van der Waals surface area contributed by atoms with E-state index in [0.717, 1.165) is 16.1 Å². The molecule has 0 aliphatic carbocycles. The number of thiazole rings is 1. The number of likely N-dealkylation sites (N-methyl/N-ethyl adjacent to an activating group) is 1. The maximum atomic E-state index is 12.4. The molecule has 1 N–H and O–H groups in total. The lowest BCUT2D eigenvalue weighted by atomic mass is 10.1. The summed E-state index contributed by atoms with van der Waals surface area (Å²) in [5, 5.41) is 4.04. The molecule has 1 unspecified atom stereocenters. The van der Waals surface area contributed by atoms with Crippen molar-refractivity contribution in [2.45, 2.75) is 33.0 Å². The monoisotopic (exact) mass is 353 g/mol. The number of carbonyl (C=O) groups excluding carboxylic acids is 1. The maximum absolute atomic E-state index is 12.4. The van der Waals surface area contributed by atoms with Crippen LogP contribution in [-0.2, 0) is 17.9 Å². The summed E-state index contributed by atoms with van der Waals surface area (Å²) in [5.74, 6) is 0.0317. The van der Waals surface area contributed by atoms with E-state index in [1.54, 1.807) is 11.3 Å². The molecule has 3 aromatic rings. The van der Waals surface area contributed by atoms with Crippen LogP contribution < -0.4 is 5.32 Å². The Morgan fingerprint density at radius 1 is 1.20 bits per heavy atom. The molecule has 1 amide bonds. The van der Waals surface area contributed by atoms with Gasteiger partial charge in [0, 0.05) is 6.54 Å². The highest BCUT2D eigenvalue weighted by Crippen LogP contribution is 2.22. The van der Waals surface area contributed by atoms with E-state index in [1.165, 1.54) is 10.3 Å². The molecule has 0 bridgehead atoms. The number of amides is 1. The van der Waals surface area contributed by atoms with Crippen molar-refractivity contribution in [2.24, 2.45) is 0 Å². The van der Waals surface area contributed by atoms with Gasteiger partial charge in [-0.3, -0.25) is 9.69 Å². The first kappa shape index (κ1) is 17.6. The zero-order valence-electron chi connectivity index (χ0n) is 14.8. The Bertz CT molecular complexity index is 824. The number of carbonyl (C=O) groups is 1. The lowest BCUT2D eigenvalue weighted by molar-refractivity contribution is -0.125. The van der Waals surface area contributed by atoms with Crippen LogP contribution in [0.4, 0.5) is 0 Å². The summed E-state index contributed by atoms with van der Waals surface area (Å²) in [5.41, 5.74) is 3.35. The minimum atomic E-state index is -0.211. The molecule has 0 aliphatic rings.